The van der Waals surface area contributed by atoms with Gasteiger partial charge in [-0.15, -0.1) is 0 Å². The van der Waals surface area contributed by atoms with Gasteiger partial charge in [-0.1, -0.05) is 12.5 Å². The number of benzene rings is 1. The highest BCUT2D eigenvalue weighted by Crippen LogP contribution is 2.56. The lowest BCUT2D eigenvalue weighted by molar-refractivity contribution is 0.0905. The number of aliphatic hydroxyl groups excluding tert-OH is 2. The van der Waals surface area contributed by atoms with Gasteiger partial charge in [-0.2, -0.15) is 0 Å². The molecule has 0 fully saturated rings. The summed E-state index contributed by atoms with van der Waals surface area (Å²) in [7, 11) is 0. The van der Waals surface area contributed by atoms with Crippen LogP contribution in [-0.4, -0.2) is 38.9 Å². The van der Waals surface area contributed by atoms with Crippen LogP contribution in [0, 0.1) is 5.92 Å². The van der Waals surface area contributed by atoms with Gasteiger partial charge in [0.15, 0.2) is 17.3 Å². The van der Waals surface area contributed by atoms with E-state index in [1.807, 2.05) is 13.8 Å². The Hall–Kier alpha value is -1.85. The van der Waals surface area contributed by atoms with Crippen LogP contribution in [0.25, 0.3) is 0 Å². The van der Waals surface area contributed by atoms with E-state index in [0.29, 0.717) is 36.0 Å². The van der Waals surface area contributed by atoms with E-state index >= 15 is 0 Å². The summed E-state index contributed by atoms with van der Waals surface area (Å²) in [4.78, 5) is 12.8. The van der Waals surface area contributed by atoms with Crippen LogP contribution in [0.1, 0.15) is 61.5 Å². The molecule has 2 aliphatic carbocycles. The molecule has 0 radical (unpaired) electrons. The summed E-state index contributed by atoms with van der Waals surface area (Å²) < 4.78 is 0. The second-order valence-corrected chi connectivity index (χ2v) is 7.75. The maximum absolute atomic E-state index is 12.8. The van der Waals surface area contributed by atoms with Gasteiger partial charge in [-0.05, 0) is 44.2 Å². The van der Waals surface area contributed by atoms with Crippen molar-refractivity contribution in [1.82, 2.24) is 0 Å². The van der Waals surface area contributed by atoms with Crippen LogP contribution < -0.4 is 0 Å². The van der Waals surface area contributed by atoms with Gasteiger partial charge in [-0.25, -0.2) is 0 Å². The van der Waals surface area contributed by atoms with Crippen LogP contribution in [-0.2, 0) is 11.8 Å². The van der Waals surface area contributed by atoms with Crippen LogP contribution in [0.3, 0.4) is 0 Å². The molecule has 1 unspecified atom stereocenters. The largest absolute Gasteiger partial charge is 0.504 e. The van der Waals surface area contributed by atoms with Crippen molar-refractivity contribution in [1.29, 1.82) is 0 Å². The van der Waals surface area contributed by atoms with Crippen molar-refractivity contribution in [3.8, 4) is 11.5 Å². The van der Waals surface area contributed by atoms with E-state index < -0.39 is 11.5 Å². The van der Waals surface area contributed by atoms with Crippen LogP contribution in [0.5, 0.6) is 11.5 Å². The lowest BCUT2D eigenvalue weighted by Crippen LogP contribution is -2.43. The van der Waals surface area contributed by atoms with Gasteiger partial charge in [0, 0.05) is 34.9 Å². The molecule has 0 saturated carbocycles. The highest BCUT2D eigenvalue weighted by molar-refractivity contribution is 6.01. The molecule has 1 aromatic carbocycles. The lowest BCUT2D eigenvalue weighted by atomic mass is 9.56. The maximum atomic E-state index is 12.8. The first-order valence-electron chi connectivity index (χ1n) is 8.79. The minimum absolute atomic E-state index is 0.00990. The summed E-state index contributed by atoms with van der Waals surface area (Å²) in [5, 5.41) is 40.3. The number of ketones is 1. The molecule has 1 aromatic rings. The molecule has 5 nitrogen and oxygen atoms in total. The molecule has 25 heavy (non-hydrogen) atoms. The molecule has 0 heterocycles. The number of aromatic hydroxyl groups is 2. The number of Topliss-reactive ketones (excluding diaryl/α,β-unsaturated/α-hetero) is 1. The molecule has 3 atom stereocenters. The van der Waals surface area contributed by atoms with Gasteiger partial charge in [0.25, 0.3) is 0 Å². The van der Waals surface area contributed by atoms with Crippen molar-refractivity contribution in [2.24, 2.45) is 5.92 Å². The summed E-state index contributed by atoms with van der Waals surface area (Å²) >= 11 is 0. The zero-order chi connectivity index (χ0) is 18.5. The van der Waals surface area contributed by atoms with Gasteiger partial charge in [0.2, 0.25) is 0 Å². The summed E-state index contributed by atoms with van der Waals surface area (Å²) in [6, 6.07) is 1.63. The molecular formula is C20H26O5. The average Bonchev–Trinajstić information content (AvgIpc) is 2.54. The number of rotatable bonds is 3. The number of hydrogen-bond acceptors (Lipinski definition) is 5. The van der Waals surface area contributed by atoms with E-state index in [9.17, 15) is 25.2 Å². The highest BCUT2D eigenvalue weighted by Gasteiger charge is 2.48. The third-order valence-electron chi connectivity index (χ3n) is 6.12. The maximum Gasteiger partial charge on any atom is 0.163 e. The Morgan fingerprint density at radius 2 is 2.00 bits per heavy atom. The zero-order valence-electron chi connectivity index (χ0n) is 15.0. The minimum Gasteiger partial charge on any atom is -0.504 e. The summed E-state index contributed by atoms with van der Waals surface area (Å²) in [6.07, 6.45) is 1.23. The van der Waals surface area contributed by atoms with Crippen LogP contribution in [0.4, 0.5) is 0 Å². The molecule has 5 heteroatoms. The molecule has 0 aromatic heterocycles. The number of aliphatic hydroxyl groups is 2. The Labute approximate surface area is 147 Å². The van der Waals surface area contributed by atoms with Crippen molar-refractivity contribution in [3.63, 3.8) is 0 Å². The van der Waals surface area contributed by atoms with Gasteiger partial charge in [0.05, 0.1) is 12.7 Å². The third kappa shape index (κ3) is 2.66. The molecule has 0 spiro atoms. The molecule has 0 amide bonds. The lowest BCUT2D eigenvalue weighted by Gasteiger charge is -2.47. The van der Waals surface area contributed by atoms with Crippen molar-refractivity contribution < 1.29 is 25.2 Å². The van der Waals surface area contributed by atoms with E-state index in [1.54, 1.807) is 13.0 Å². The second-order valence-electron chi connectivity index (χ2n) is 7.75. The predicted octanol–water partition coefficient (Wildman–Crippen LogP) is 2.58. The summed E-state index contributed by atoms with van der Waals surface area (Å²) in [6.45, 7) is 5.56. The molecular weight excluding hydrogens is 320 g/mol. The van der Waals surface area contributed by atoms with Gasteiger partial charge < -0.3 is 20.4 Å². The number of phenols is 2. The van der Waals surface area contributed by atoms with Crippen LogP contribution >= 0.6 is 0 Å². The second kappa shape index (κ2) is 6.15. The Kier molecular flexibility index (Phi) is 4.41. The van der Waals surface area contributed by atoms with Gasteiger partial charge >= 0.3 is 0 Å². The summed E-state index contributed by atoms with van der Waals surface area (Å²) in [5.74, 6) is -0.646. The fraction of sp³-hybridized carbons (Fsp3) is 0.550. The highest BCUT2D eigenvalue weighted by atomic mass is 16.3. The van der Waals surface area contributed by atoms with Crippen LogP contribution in [0.2, 0.25) is 0 Å². The van der Waals surface area contributed by atoms with Crippen molar-refractivity contribution in [3.05, 3.63) is 33.9 Å². The molecule has 0 bridgehead atoms. The molecule has 136 valence electrons. The first-order valence-corrected chi connectivity index (χ1v) is 8.79. The number of hydrogen-bond donors (Lipinski definition) is 4. The smallest absolute Gasteiger partial charge is 0.163 e. The first kappa shape index (κ1) is 18.0. The van der Waals surface area contributed by atoms with E-state index in [2.05, 4.69) is 0 Å². The molecule has 0 saturated heterocycles. The number of carbonyl (C=O) groups is 1. The van der Waals surface area contributed by atoms with Crippen molar-refractivity contribution >= 4 is 5.78 Å². The number of allylic oxidation sites excluding steroid dienone is 1. The van der Waals surface area contributed by atoms with E-state index in [0.717, 1.165) is 11.1 Å². The van der Waals surface area contributed by atoms with E-state index in [1.165, 1.54) is 0 Å². The summed E-state index contributed by atoms with van der Waals surface area (Å²) in [5.41, 5.74) is 2.87. The molecule has 2 aliphatic rings. The molecule has 0 aliphatic heterocycles. The zero-order valence-corrected chi connectivity index (χ0v) is 15.0. The Morgan fingerprint density at radius 3 is 2.60 bits per heavy atom. The fourth-order valence-corrected chi connectivity index (χ4v) is 4.67. The monoisotopic (exact) mass is 346 g/mol. The SMILES string of the molecule is CC1=C(CO)CC[C@@]2(C)c3c(cc(CC(C)O)c(O)c3O)C(=O)C[C@H]12. The van der Waals surface area contributed by atoms with E-state index in [4.69, 9.17) is 0 Å². The third-order valence-corrected chi connectivity index (χ3v) is 6.12. The first-order chi connectivity index (χ1) is 11.7. The van der Waals surface area contributed by atoms with Crippen molar-refractivity contribution in [2.45, 2.75) is 58.0 Å². The van der Waals surface area contributed by atoms with Crippen molar-refractivity contribution in [2.75, 3.05) is 6.61 Å². The van der Waals surface area contributed by atoms with E-state index in [-0.39, 0.29) is 36.2 Å². The minimum atomic E-state index is -0.683. The fourth-order valence-electron chi connectivity index (χ4n) is 4.67. The Morgan fingerprint density at radius 1 is 1.32 bits per heavy atom. The Bertz CT molecular complexity index is 762. The average molecular weight is 346 g/mol. The number of carbonyl (C=O) groups excluding carboxylic acids is 1. The Balaban J connectivity index is 2.21. The topological polar surface area (TPSA) is 98.0 Å². The number of fused-ring (bicyclic) bond motifs is 3. The van der Waals surface area contributed by atoms with Gasteiger partial charge in [-0.3, -0.25) is 4.79 Å². The normalized spacial score (nSPS) is 27.1. The predicted molar refractivity (Wildman–Crippen MR) is 94.0 cm³/mol. The van der Waals surface area contributed by atoms with Crippen LogP contribution in [0.15, 0.2) is 17.2 Å². The standard InChI is InChI=1S/C20H26O5/c1-10(22)6-13-7-14-16(23)8-15-11(2)12(9-21)4-5-20(15,3)17(14)19(25)18(13)24/h7,10,15,21-22,24-25H,4-6,8-9H2,1-3H3/t10?,15-,20-/m1/s1. The number of phenolic OH excluding ortho intramolecular Hbond substituents is 2. The molecule has 4 N–H and O–H groups in total. The quantitative estimate of drug-likeness (QED) is 0.498. The van der Waals surface area contributed by atoms with Gasteiger partial charge in [0.1, 0.15) is 0 Å². The molecule has 3 rings (SSSR count).